The summed E-state index contributed by atoms with van der Waals surface area (Å²) in [5, 5.41) is 4.16. The third-order valence-corrected chi connectivity index (χ3v) is 6.81. The number of rotatable bonds is 4. The van der Waals surface area contributed by atoms with Crippen molar-refractivity contribution in [2.45, 2.75) is 18.0 Å². The first kappa shape index (κ1) is 21.2. The number of benzene rings is 1. The van der Waals surface area contributed by atoms with Gasteiger partial charge in [-0.25, -0.2) is 23.1 Å². The molecule has 0 saturated carbocycles. The Kier molecular flexibility index (Phi) is 5.43. The minimum Gasteiger partial charge on any atom is -0.354 e. The van der Waals surface area contributed by atoms with Gasteiger partial charge >= 0.3 is 6.18 Å². The lowest BCUT2D eigenvalue weighted by Crippen LogP contribution is -2.49. The molecule has 1 saturated heterocycles. The van der Waals surface area contributed by atoms with Crippen LogP contribution in [0.15, 0.2) is 53.7 Å². The van der Waals surface area contributed by atoms with E-state index < -0.39 is 21.8 Å². The molecule has 0 atom stereocenters. The van der Waals surface area contributed by atoms with E-state index in [4.69, 9.17) is 0 Å². The number of alkyl halides is 3. The van der Waals surface area contributed by atoms with Crippen LogP contribution in [0.25, 0.3) is 5.82 Å². The summed E-state index contributed by atoms with van der Waals surface area (Å²) >= 11 is 0. The maximum Gasteiger partial charge on any atom is 0.416 e. The van der Waals surface area contributed by atoms with E-state index >= 15 is 0 Å². The number of hydrogen-bond donors (Lipinski definition) is 0. The molecular formula is C19H19F3N6O2S. The largest absolute Gasteiger partial charge is 0.416 e. The Balaban J connectivity index is 1.51. The van der Waals surface area contributed by atoms with Crippen molar-refractivity contribution >= 4 is 15.8 Å². The second kappa shape index (κ2) is 7.93. The van der Waals surface area contributed by atoms with Crippen LogP contribution in [-0.4, -0.2) is 58.7 Å². The minimum absolute atomic E-state index is 0.124. The van der Waals surface area contributed by atoms with Crippen molar-refractivity contribution in [3.8, 4) is 5.82 Å². The van der Waals surface area contributed by atoms with Crippen LogP contribution in [0.1, 0.15) is 11.4 Å². The Bertz CT molecular complexity index is 1170. The third-order valence-electron chi connectivity index (χ3n) is 4.91. The topological polar surface area (TPSA) is 84.2 Å². The van der Waals surface area contributed by atoms with Crippen LogP contribution in [0.4, 0.5) is 19.0 Å². The van der Waals surface area contributed by atoms with Gasteiger partial charge in [0.1, 0.15) is 11.6 Å². The van der Waals surface area contributed by atoms with Crippen molar-refractivity contribution in [1.82, 2.24) is 24.1 Å². The number of anilines is 1. The maximum absolute atomic E-state index is 13.0. The Morgan fingerprint density at radius 1 is 0.968 bits per heavy atom. The number of piperazine rings is 1. The Labute approximate surface area is 177 Å². The Morgan fingerprint density at radius 2 is 1.68 bits per heavy atom. The molecule has 3 aromatic rings. The van der Waals surface area contributed by atoms with E-state index in [1.165, 1.54) is 10.4 Å². The SMILES string of the molecule is Cc1nc(N2CCN(S(=O)(=O)c3cccc(C(F)(F)F)c3)CC2)cc(-n2cccn2)n1. The molecule has 31 heavy (non-hydrogen) atoms. The summed E-state index contributed by atoms with van der Waals surface area (Å²) in [6.07, 6.45) is -1.22. The summed E-state index contributed by atoms with van der Waals surface area (Å²) in [5.74, 6) is 1.77. The van der Waals surface area contributed by atoms with E-state index in [1.807, 2.05) is 4.90 Å². The van der Waals surface area contributed by atoms with Crippen molar-refractivity contribution in [3.05, 3.63) is 60.2 Å². The average molecular weight is 452 g/mol. The van der Waals surface area contributed by atoms with Gasteiger partial charge in [-0.1, -0.05) is 6.07 Å². The highest BCUT2D eigenvalue weighted by Crippen LogP contribution is 2.31. The van der Waals surface area contributed by atoms with Crippen LogP contribution in [-0.2, 0) is 16.2 Å². The van der Waals surface area contributed by atoms with Crippen LogP contribution < -0.4 is 4.90 Å². The molecule has 1 aliphatic heterocycles. The van der Waals surface area contributed by atoms with Gasteiger partial charge in [0.15, 0.2) is 5.82 Å². The monoisotopic (exact) mass is 452 g/mol. The molecule has 1 aliphatic rings. The van der Waals surface area contributed by atoms with E-state index in [1.54, 1.807) is 36.1 Å². The van der Waals surface area contributed by atoms with Gasteiger partial charge in [0.2, 0.25) is 10.0 Å². The second-order valence-electron chi connectivity index (χ2n) is 7.00. The van der Waals surface area contributed by atoms with E-state index in [2.05, 4.69) is 15.1 Å². The van der Waals surface area contributed by atoms with E-state index in [0.717, 1.165) is 12.1 Å². The van der Waals surface area contributed by atoms with Crippen molar-refractivity contribution in [3.63, 3.8) is 0 Å². The van der Waals surface area contributed by atoms with Gasteiger partial charge in [-0.2, -0.15) is 22.6 Å². The molecule has 0 aliphatic carbocycles. The molecule has 1 aromatic carbocycles. The van der Waals surface area contributed by atoms with Crippen molar-refractivity contribution in [2.24, 2.45) is 0 Å². The third kappa shape index (κ3) is 4.39. The highest BCUT2D eigenvalue weighted by molar-refractivity contribution is 7.89. The normalized spacial score (nSPS) is 15.9. The van der Waals surface area contributed by atoms with Crippen LogP contribution in [0.5, 0.6) is 0 Å². The van der Waals surface area contributed by atoms with Gasteiger partial charge in [-0.05, 0) is 31.2 Å². The van der Waals surface area contributed by atoms with Crippen LogP contribution in [0, 0.1) is 6.92 Å². The van der Waals surface area contributed by atoms with E-state index in [-0.39, 0.29) is 18.0 Å². The fourth-order valence-electron chi connectivity index (χ4n) is 3.36. The lowest BCUT2D eigenvalue weighted by atomic mass is 10.2. The first-order chi connectivity index (χ1) is 14.6. The quantitative estimate of drug-likeness (QED) is 0.605. The van der Waals surface area contributed by atoms with Crippen molar-refractivity contribution in [1.29, 1.82) is 0 Å². The van der Waals surface area contributed by atoms with Gasteiger partial charge in [-0.3, -0.25) is 0 Å². The van der Waals surface area contributed by atoms with Crippen molar-refractivity contribution in [2.75, 3.05) is 31.1 Å². The standard InChI is InChI=1S/C19H19F3N6O2S/c1-14-24-17(13-18(25-14)28-7-3-6-23-28)26-8-10-27(11-9-26)31(29,30)16-5-2-4-15(12-16)19(20,21)22/h2-7,12-13H,8-11H2,1H3. The number of aryl methyl sites for hydroxylation is 1. The number of sulfonamides is 1. The van der Waals surface area contributed by atoms with Crippen molar-refractivity contribution < 1.29 is 21.6 Å². The van der Waals surface area contributed by atoms with Gasteiger partial charge < -0.3 is 4.90 Å². The first-order valence-electron chi connectivity index (χ1n) is 9.43. The molecule has 0 amide bonds. The molecule has 0 bridgehead atoms. The molecule has 8 nitrogen and oxygen atoms in total. The molecule has 164 valence electrons. The molecular weight excluding hydrogens is 433 g/mol. The van der Waals surface area contributed by atoms with E-state index in [0.29, 0.717) is 36.6 Å². The zero-order chi connectivity index (χ0) is 22.2. The predicted octanol–water partition coefficient (Wildman–Crippen LogP) is 2.50. The molecule has 0 radical (unpaired) electrons. The summed E-state index contributed by atoms with van der Waals surface area (Å²) in [6.45, 7) is 2.68. The lowest BCUT2D eigenvalue weighted by molar-refractivity contribution is -0.137. The van der Waals surface area contributed by atoms with Gasteiger partial charge in [0, 0.05) is 44.6 Å². The smallest absolute Gasteiger partial charge is 0.354 e. The summed E-state index contributed by atoms with van der Waals surface area (Å²) in [4.78, 5) is 10.3. The zero-order valence-corrected chi connectivity index (χ0v) is 17.3. The van der Waals surface area contributed by atoms with Gasteiger partial charge in [0.25, 0.3) is 0 Å². The average Bonchev–Trinajstić information content (AvgIpc) is 3.28. The van der Waals surface area contributed by atoms with Crippen LogP contribution in [0.2, 0.25) is 0 Å². The van der Waals surface area contributed by atoms with Gasteiger partial charge in [0.05, 0.1) is 10.5 Å². The number of aromatic nitrogens is 4. The summed E-state index contributed by atoms with van der Waals surface area (Å²) < 4.78 is 67.5. The molecule has 0 spiro atoms. The predicted molar refractivity (Wildman–Crippen MR) is 106 cm³/mol. The Hall–Kier alpha value is -2.99. The number of hydrogen-bond acceptors (Lipinski definition) is 6. The number of nitrogens with zero attached hydrogens (tertiary/aromatic N) is 6. The molecule has 2 aromatic heterocycles. The second-order valence-corrected chi connectivity index (χ2v) is 8.94. The van der Waals surface area contributed by atoms with Crippen LogP contribution in [0.3, 0.4) is 0 Å². The fourth-order valence-corrected chi connectivity index (χ4v) is 4.83. The first-order valence-corrected chi connectivity index (χ1v) is 10.9. The Morgan fingerprint density at radius 3 is 2.32 bits per heavy atom. The van der Waals surface area contributed by atoms with E-state index in [9.17, 15) is 21.6 Å². The maximum atomic E-state index is 13.0. The summed E-state index contributed by atoms with van der Waals surface area (Å²) in [6, 6.07) is 7.34. The zero-order valence-electron chi connectivity index (χ0n) is 16.5. The fraction of sp³-hybridized carbons (Fsp3) is 0.316. The number of halogens is 3. The summed E-state index contributed by atoms with van der Waals surface area (Å²) in [5.41, 5.74) is -0.991. The minimum atomic E-state index is -4.61. The summed E-state index contributed by atoms with van der Waals surface area (Å²) in [7, 11) is -4.04. The molecule has 1 fully saturated rings. The highest BCUT2D eigenvalue weighted by atomic mass is 32.2. The molecule has 0 unspecified atom stereocenters. The van der Waals surface area contributed by atoms with Crippen LogP contribution >= 0.6 is 0 Å². The molecule has 12 heteroatoms. The molecule has 4 rings (SSSR count). The highest BCUT2D eigenvalue weighted by Gasteiger charge is 2.34. The lowest BCUT2D eigenvalue weighted by Gasteiger charge is -2.34. The molecule has 0 N–H and O–H groups in total. The van der Waals surface area contributed by atoms with Gasteiger partial charge in [-0.15, -0.1) is 0 Å². The molecule has 3 heterocycles.